The maximum absolute atomic E-state index is 12.1. The summed E-state index contributed by atoms with van der Waals surface area (Å²) in [5.41, 5.74) is 6.22. The number of hydrogen-bond acceptors (Lipinski definition) is 12. The minimum atomic E-state index is -5.06. The van der Waals surface area contributed by atoms with E-state index < -0.39 is 52.9 Å². The Morgan fingerprint density at radius 3 is 2.56 bits per heavy atom. The SMILES string of the molecule is Nc1ncnc2c1ncn2[C@@H]1O[C@H](COP(=O)(O)OP(=O)(O)OC2CCCC2)[C@@H](O)[C@H]1O. The number of fused-ring (bicyclic) bond motifs is 1. The van der Waals surface area contributed by atoms with Gasteiger partial charge < -0.3 is 30.5 Å². The lowest BCUT2D eigenvalue weighted by Gasteiger charge is -2.20. The van der Waals surface area contributed by atoms with Gasteiger partial charge in [0.25, 0.3) is 0 Å². The molecule has 0 spiro atoms. The fraction of sp³-hybridized carbons (Fsp3) is 0.667. The second-order valence-electron chi connectivity index (χ2n) is 7.46. The summed E-state index contributed by atoms with van der Waals surface area (Å²) < 4.78 is 44.9. The number of nitrogens with two attached hydrogens (primary N) is 1. The maximum Gasteiger partial charge on any atom is 0.481 e. The van der Waals surface area contributed by atoms with Crippen LogP contribution in [0.3, 0.4) is 0 Å². The normalized spacial score (nSPS) is 30.5. The molecule has 2 fully saturated rings. The van der Waals surface area contributed by atoms with Crippen LogP contribution in [0, 0.1) is 0 Å². The highest BCUT2D eigenvalue weighted by molar-refractivity contribution is 7.61. The number of hydrogen-bond donors (Lipinski definition) is 5. The third-order valence-corrected chi connectivity index (χ3v) is 7.88. The first-order chi connectivity index (χ1) is 15.1. The van der Waals surface area contributed by atoms with Crippen LogP contribution < -0.4 is 5.73 Å². The second kappa shape index (κ2) is 9.03. The quantitative estimate of drug-likeness (QED) is 0.309. The average molecular weight is 495 g/mol. The highest BCUT2D eigenvalue weighted by Crippen LogP contribution is 2.61. The number of imidazole rings is 1. The fourth-order valence-corrected chi connectivity index (χ4v) is 5.98. The van der Waals surface area contributed by atoms with E-state index in [4.69, 9.17) is 19.5 Å². The van der Waals surface area contributed by atoms with E-state index in [-0.39, 0.29) is 17.0 Å². The monoisotopic (exact) mass is 495 g/mol. The summed E-state index contributed by atoms with van der Waals surface area (Å²) in [5.74, 6) is 0.105. The number of aliphatic hydroxyl groups is 2. The zero-order valence-electron chi connectivity index (χ0n) is 16.6. The lowest BCUT2D eigenvalue weighted by molar-refractivity contribution is -0.0504. The van der Waals surface area contributed by atoms with Gasteiger partial charge in [-0.15, -0.1) is 0 Å². The summed E-state index contributed by atoms with van der Waals surface area (Å²) in [6.45, 7) is -0.740. The summed E-state index contributed by atoms with van der Waals surface area (Å²) in [5, 5.41) is 20.7. The molecule has 0 aromatic carbocycles. The van der Waals surface area contributed by atoms with Crippen molar-refractivity contribution in [3.63, 3.8) is 0 Å². The van der Waals surface area contributed by atoms with Crippen LogP contribution in [0.1, 0.15) is 31.9 Å². The van der Waals surface area contributed by atoms with Crippen LogP contribution >= 0.6 is 15.6 Å². The van der Waals surface area contributed by atoms with Crippen molar-refractivity contribution in [2.24, 2.45) is 0 Å². The standard InChI is InChI=1S/C15H23N5O10P2/c16-13-10-14(18-6-17-13)20(7-19-10)15-12(22)11(21)9(28-15)5-27-31(23,24)30-32(25,26)29-8-3-1-2-4-8/h6-9,11-12,15,21-22H,1-5H2,(H,23,24)(H,25,26)(H2,16,17,18)/t9-,11-,12-,15-/m1/s1. The van der Waals surface area contributed by atoms with Gasteiger partial charge in [0.05, 0.1) is 19.0 Å². The number of ether oxygens (including phenoxy) is 1. The number of nitrogens with zero attached hydrogens (tertiary/aromatic N) is 4. The van der Waals surface area contributed by atoms with Crippen molar-refractivity contribution in [3.8, 4) is 0 Å². The minimum absolute atomic E-state index is 0.105. The minimum Gasteiger partial charge on any atom is -0.387 e. The number of aromatic nitrogens is 4. The molecule has 6 N–H and O–H groups in total. The Morgan fingerprint density at radius 1 is 1.12 bits per heavy atom. The molecule has 32 heavy (non-hydrogen) atoms. The van der Waals surface area contributed by atoms with Crippen molar-refractivity contribution in [1.29, 1.82) is 0 Å². The van der Waals surface area contributed by atoms with E-state index >= 15 is 0 Å². The summed E-state index contributed by atoms with van der Waals surface area (Å²) >= 11 is 0. The van der Waals surface area contributed by atoms with Crippen LogP contribution in [-0.2, 0) is 27.2 Å². The Balaban J connectivity index is 1.39. The number of phosphoric ester groups is 2. The van der Waals surface area contributed by atoms with Gasteiger partial charge in [-0.25, -0.2) is 24.1 Å². The van der Waals surface area contributed by atoms with E-state index in [2.05, 4.69) is 19.3 Å². The molecule has 1 saturated heterocycles. The van der Waals surface area contributed by atoms with Crippen LogP contribution in [0.4, 0.5) is 5.82 Å². The van der Waals surface area contributed by atoms with Crippen LogP contribution in [-0.4, -0.2) is 70.5 Å². The number of rotatable bonds is 8. The van der Waals surface area contributed by atoms with Gasteiger partial charge in [0.1, 0.15) is 30.2 Å². The Bertz CT molecular complexity index is 1060. The zero-order chi connectivity index (χ0) is 23.1. The smallest absolute Gasteiger partial charge is 0.387 e. The van der Waals surface area contributed by atoms with Gasteiger partial charge in [-0.2, -0.15) is 4.31 Å². The first-order valence-corrected chi connectivity index (χ1v) is 12.7. The van der Waals surface area contributed by atoms with E-state index in [1.807, 2.05) is 0 Å². The van der Waals surface area contributed by atoms with Crippen LogP contribution in [0.25, 0.3) is 11.2 Å². The Labute approximate surface area is 181 Å². The highest BCUT2D eigenvalue weighted by atomic mass is 31.3. The Morgan fingerprint density at radius 2 is 1.84 bits per heavy atom. The van der Waals surface area contributed by atoms with Crippen molar-refractivity contribution in [1.82, 2.24) is 19.5 Å². The molecule has 6 atom stereocenters. The Hall–Kier alpha value is -1.51. The van der Waals surface area contributed by atoms with Crippen molar-refractivity contribution >= 4 is 32.6 Å². The van der Waals surface area contributed by atoms with Gasteiger partial charge in [0.2, 0.25) is 0 Å². The van der Waals surface area contributed by atoms with Crippen molar-refractivity contribution in [2.45, 2.75) is 56.3 Å². The topological polar surface area (TPSA) is 222 Å². The van der Waals surface area contributed by atoms with E-state index in [9.17, 15) is 29.1 Å². The largest absolute Gasteiger partial charge is 0.481 e. The molecule has 17 heteroatoms. The average Bonchev–Trinajstić information content (AvgIpc) is 3.41. The lowest BCUT2D eigenvalue weighted by Crippen LogP contribution is -2.33. The number of phosphoric acid groups is 2. The molecule has 2 aromatic rings. The second-order valence-corrected chi connectivity index (χ2v) is 10.5. The lowest BCUT2D eigenvalue weighted by atomic mass is 10.1. The van der Waals surface area contributed by atoms with Gasteiger partial charge in [-0.05, 0) is 12.8 Å². The molecule has 15 nitrogen and oxygen atoms in total. The van der Waals surface area contributed by atoms with E-state index in [1.165, 1.54) is 17.2 Å². The molecule has 1 aliphatic heterocycles. The van der Waals surface area contributed by atoms with E-state index in [1.54, 1.807) is 0 Å². The molecule has 4 rings (SSSR count). The summed E-state index contributed by atoms with van der Waals surface area (Å²) in [4.78, 5) is 31.4. The predicted octanol–water partition coefficient (Wildman–Crippen LogP) is 0.221. The van der Waals surface area contributed by atoms with E-state index in [0.29, 0.717) is 12.8 Å². The predicted molar refractivity (Wildman–Crippen MR) is 106 cm³/mol. The molecule has 3 heterocycles. The molecular weight excluding hydrogens is 472 g/mol. The molecule has 178 valence electrons. The number of anilines is 1. The summed E-state index contributed by atoms with van der Waals surface area (Å²) in [6.07, 6.45) is -0.877. The third kappa shape index (κ3) is 5.02. The van der Waals surface area contributed by atoms with Gasteiger partial charge >= 0.3 is 15.6 Å². The van der Waals surface area contributed by atoms with Crippen molar-refractivity contribution in [3.05, 3.63) is 12.7 Å². The summed E-state index contributed by atoms with van der Waals surface area (Å²) in [7, 11) is -9.93. The van der Waals surface area contributed by atoms with E-state index in [0.717, 1.165) is 12.8 Å². The molecule has 1 aliphatic carbocycles. The summed E-state index contributed by atoms with van der Waals surface area (Å²) in [6, 6.07) is 0. The van der Waals surface area contributed by atoms with Gasteiger partial charge in [0.15, 0.2) is 17.7 Å². The fourth-order valence-electron chi connectivity index (χ4n) is 3.68. The van der Waals surface area contributed by atoms with Gasteiger partial charge in [0, 0.05) is 0 Å². The Kier molecular flexibility index (Phi) is 6.67. The molecule has 0 amide bonds. The molecule has 2 aromatic heterocycles. The number of aliphatic hydroxyl groups excluding tert-OH is 2. The maximum atomic E-state index is 12.1. The van der Waals surface area contributed by atoms with Crippen molar-refractivity contribution < 1.29 is 47.2 Å². The number of nitrogen functional groups attached to an aromatic ring is 1. The van der Waals surface area contributed by atoms with Gasteiger partial charge in [-0.1, -0.05) is 12.8 Å². The molecule has 0 bridgehead atoms. The molecule has 0 radical (unpaired) electrons. The van der Waals surface area contributed by atoms with Gasteiger partial charge in [-0.3, -0.25) is 13.6 Å². The highest BCUT2D eigenvalue weighted by Gasteiger charge is 2.46. The van der Waals surface area contributed by atoms with Crippen LogP contribution in [0.15, 0.2) is 12.7 Å². The molecule has 2 unspecified atom stereocenters. The first kappa shape index (κ1) is 23.6. The third-order valence-electron chi connectivity index (χ3n) is 5.19. The first-order valence-electron chi connectivity index (χ1n) is 9.71. The molecular formula is C15H23N5O10P2. The molecule has 1 saturated carbocycles. The van der Waals surface area contributed by atoms with Crippen LogP contribution in [0.5, 0.6) is 0 Å². The van der Waals surface area contributed by atoms with Crippen LogP contribution in [0.2, 0.25) is 0 Å². The zero-order valence-corrected chi connectivity index (χ0v) is 18.4. The molecule has 2 aliphatic rings. The van der Waals surface area contributed by atoms with Crippen molar-refractivity contribution in [2.75, 3.05) is 12.3 Å².